The molecule has 1 aromatic rings. The van der Waals surface area contributed by atoms with E-state index in [2.05, 4.69) is 25.2 Å². The number of halogens is 1. The average molecular weight is 224 g/mol. The zero-order valence-electron chi connectivity index (χ0n) is 9.44. The summed E-state index contributed by atoms with van der Waals surface area (Å²) in [6, 6.07) is 4.19. The normalized spacial score (nSPS) is 19.5. The maximum Gasteiger partial charge on any atom is 0.0455 e. The van der Waals surface area contributed by atoms with Gasteiger partial charge in [-0.3, -0.25) is 0 Å². The highest BCUT2D eigenvalue weighted by Crippen LogP contribution is 2.33. The Balaban J connectivity index is 2.24. The zero-order chi connectivity index (χ0) is 10.8. The summed E-state index contributed by atoms with van der Waals surface area (Å²) >= 11 is 6.10. The average Bonchev–Trinajstić information content (AvgIpc) is 2.24. The van der Waals surface area contributed by atoms with Crippen LogP contribution < -0.4 is 5.32 Å². The largest absolute Gasteiger partial charge is 0.384 e. The molecule has 2 rings (SSSR count). The van der Waals surface area contributed by atoms with Gasteiger partial charge in [0, 0.05) is 17.3 Å². The third kappa shape index (κ3) is 2.12. The van der Waals surface area contributed by atoms with E-state index in [9.17, 15) is 0 Å². The van der Waals surface area contributed by atoms with Crippen LogP contribution in [0.2, 0.25) is 5.02 Å². The van der Waals surface area contributed by atoms with Crippen molar-refractivity contribution in [2.24, 2.45) is 5.92 Å². The number of benzene rings is 1. The number of hydrogen-bond donors (Lipinski definition) is 1. The summed E-state index contributed by atoms with van der Waals surface area (Å²) in [5.74, 6) is 0.795. The van der Waals surface area contributed by atoms with Crippen LogP contribution in [0.3, 0.4) is 0 Å². The summed E-state index contributed by atoms with van der Waals surface area (Å²) < 4.78 is 0. The quantitative estimate of drug-likeness (QED) is 0.798. The summed E-state index contributed by atoms with van der Waals surface area (Å²) in [7, 11) is 0. The van der Waals surface area contributed by atoms with Crippen LogP contribution in [0.25, 0.3) is 0 Å². The van der Waals surface area contributed by atoms with Crippen LogP contribution >= 0.6 is 11.6 Å². The third-order valence-corrected chi connectivity index (χ3v) is 3.67. The third-order valence-electron chi connectivity index (χ3n) is 3.26. The zero-order valence-corrected chi connectivity index (χ0v) is 10.2. The van der Waals surface area contributed by atoms with Gasteiger partial charge in [0.1, 0.15) is 0 Å². The van der Waals surface area contributed by atoms with Crippen LogP contribution in [0.1, 0.15) is 30.9 Å². The van der Waals surface area contributed by atoms with E-state index in [0.29, 0.717) is 0 Å². The fraction of sp³-hybridized carbons (Fsp3) is 0.538. The van der Waals surface area contributed by atoms with Crippen molar-refractivity contribution in [2.45, 2.75) is 33.1 Å². The van der Waals surface area contributed by atoms with Gasteiger partial charge in [0.25, 0.3) is 0 Å². The van der Waals surface area contributed by atoms with Gasteiger partial charge in [-0.1, -0.05) is 31.0 Å². The fourth-order valence-electron chi connectivity index (χ4n) is 2.40. The minimum absolute atomic E-state index is 0.795. The lowest BCUT2D eigenvalue weighted by molar-refractivity contribution is 0.489. The molecule has 0 aromatic heterocycles. The van der Waals surface area contributed by atoms with Crippen LogP contribution in [0.15, 0.2) is 12.1 Å². The van der Waals surface area contributed by atoms with Crippen LogP contribution in [0.4, 0.5) is 5.69 Å². The van der Waals surface area contributed by atoms with E-state index in [-0.39, 0.29) is 0 Å². The molecule has 1 aromatic carbocycles. The Morgan fingerprint density at radius 1 is 1.47 bits per heavy atom. The fourth-order valence-corrected chi connectivity index (χ4v) is 2.56. The summed E-state index contributed by atoms with van der Waals surface area (Å²) in [6.07, 6.45) is 3.79. The van der Waals surface area contributed by atoms with Gasteiger partial charge in [-0.05, 0) is 42.9 Å². The molecule has 15 heavy (non-hydrogen) atoms. The van der Waals surface area contributed by atoms with Crippen molar-refractivity contribution in [1.82, 2.24) is 0 Å². The highest BCUT2D eigenvalue weighted by Gasteiger charge is 2.19. The highest BCUT2D eigenvalue weighted by molar-refractivity contribution is 6.31. The topological polar surface area (TPSA) is 12.0 Å². The Kier molecular flexibility index (Phi) is 3.20. The Morgan fingerprint density at radius 3 is 3.00 bits per heavy atom. The van der Waals surface area contributed by atoms with Crippen molar-refractivity contribution in [3.63, 3.8) is 0 Å². The van der Waals surface area contributed by atoms with Crippen LogP contribution in [0.5, 0.6) is 0 Å². The van der Waals surface area contributed by atoms with E-state index in [1.807, 2.05) is 6.07 Å². The van der Waals surface area contributed by atoms with E-state index in [4.69, 9.17) is 11.6 Å². The van der Waals surface area contributed by atoms with E-state index in [1.165, 1.54) is 36.1 Å². The van der Waals surface area contributed by atoms with Crippen molar-refractivity contribution < 1.29 is 0 Å². The summed E-state index contributed by atoms with van der Waals surface area (Å²) in [4.78, 5) is 0. The Hall–Kier alpha value is -0.690. The molecule has 0 aliphatic carbocycles. The van der Waals surface area contributed by atoms with E-state index >= 15 is 0 Å². The van der Waals surface area contributed by atoms with Crippen molar-refractivity contribution in [3.05, 3.63) is 28.3 Å². The molecule has 2 heteroatoms. The molecular weight excluding hydrogens is 206 g/mol. The van der Waals surface area contributed by atoms with Crippen molar-refractivity contribution in [1.29, 1.82) is 0 Å². The van der Waals surface area contributed by atoms with Crippen LogP contribution in [-0.4, -0.2) is 6.54 Å². The molecule has 1 aliphatic rings. The lowest BCUT2D eigenvalue weighted by Crippen LogP contribution is -2.23. The van der Waals surface area contributed by atoms with Crippen LogP contribution in [0, 0.1) is 12.8 Å². The molecule has 1 N–H and O–H groups in total. The van der Waals surface area contributed by atoms with E-state index < -0.39 is 0 Å². The lowest BCUT2D eigenvalue weighted by Gasteiger charge is -2.27. The second kappa shape index (κ2) is 4.44. The summed E-state index contributed by atoms with van der Waals surface area (Å²) in [5.41, 5.74) is 3.90. The maximum absolute atomic E-state index is 6.10. The molecule has 0 saturated carbocycles. The minimum Gasteiger partial charge on any atom is -0.384 e. The smallest absolute Gasteiger partial charge is 0.0455 e. The number of hydrogen-bond acceptors (Lipinski definition) is 1. The first-order valence-corrected chi connectivity index (χ1v) is 6.12. The standard InChI is InChI=1S/C13H18ClN/c1-3-4-10-7-11-5-6-12(14)9(2)13(11)15-8-10/h5-6,10,15H,3-4,7-8H2,1-2H3. The molecule has 1 heterocycles. The lowest BCUT2D eigenvalue weighted by atomic mass is 9.89. The highest BCUT2D eigenvalue weighted by atomic mass is 35.5. The number of anilines is 1. The summed E-state index contributed by atoms with van der Waals surface area (Å²) in [6.45, 7) is 5.44. The SMILES string of the molecule is CCCC1CNc2c(ccc(Cl)c2C)C1. The van der Waals surface area contributed by atoms with Gasteiger partial charge >= 0.3 is 0 Å². The first-order chi connectivity index (χ1) is 7.22. The second-order valence-corrected chi connectivity index (χ2v) is 4.85. The Bertz CT molecular complexity index is 360. The predicted octanol–water partition coefficient (Wildman–Crippen LogP) is 4.03. The monoisotopic (exact) mass is 223 g/mol. The minimum atomic E-state index is 0.795. The molecule has 1 aliphatic heterocycles. The Labute approximate surface area is 96.8 Å². The molecule has 0 saturated heterocycles. The molecule has 0 spiro atoms. The predicted molar refractivity (Wildman–Crippen MR) is 66.8 cm³/mol. The molecule has 0 fully saturated rings. The van der Waals surface area contributed by atoms with Gasteiger partial charge in [-0.15, -0.1) is 0 Å². The molecule has 1 nitrogen and oxygen atoms in total. The molecule has 82 valence electrons. The second-order valence-electron chi connectivity index (χ2n) is 4.45. The van der Waals surface area contributed by atoms with Gasteiger partial charge in [0.15, 0.2) is 0 Å². The molecule has 1 atom stereocenters. The van der Waals surface area contributed by atoms with E-state index in [0.717, 1.165) is 17.5 Å². The van der Waals surface area contributed by atoms with Crippen molar-refractivity contribution in [2.75, 3.05) is 11.9 Å². The number of fused-ring (bicyclic) bond motifs is 1. The van der Waals surface area contributed by atoms with Crippen molar-refractivity contribution in [3.8, 4) is 0 Å². The van der Waals surface area contributed by atoms with Gasteiger partial charge in [0.05, 0.1) is 0 Å². The van der Waals surface area contributed by atoms with Gasteiger partial charge in [0.2, 0.25) is 0 Å². The molecule has 0 radical (unpaired) electrons. The summed E-state index contributed by atoms with van der Waals surface area (Å²) in [5, 5.41) is 4.39. The number of rotatable bonds is 2. The van der Waals surface area contributed by atoms with Crippen molar-refractivity contribution >= 4 is 17.3 Å². The molecular formula is C13H18ClN. The first kappa shape index (κ1) is 10.8. The first-order valence-electron chi connectivity index (χ1n) is 5.74. The molecule has 0 bridgehead atoms. The van der Waals surface area contributed by atoms with Gasteiger partial charge < -0.3 is 5.32 Å². The van der Waals surface area contributed by atoms with Crippen LogP contribution in [-0.2, 0) is 6.42 Å². The molecule has 1 unspecified atom stereocenters. The Morgan fingerprint density at radius 2 is 2.27 bits per heavy atom. The van der Waals surface area contributed by atoms with E-state index in [1.54, 1.807) is 0 Å². The van der Waals surface area contributed by atoms with Gasteiger partial charge in [-0.2, -0.15) is 0 Å². The van der Waals surface area contributed by atoms with Gasteiger partial charge in [-0.25, -0.2) is 0 Å². The maximum atomic E-state index is 6.10. The molecule has 0 amide bonds. The number of nitrogens with one attached hydrogen (secondary N) is 1.